The topological polar surface area (TPSA) is 101 Å². The molecular weight excluding hydrogens is 389 g/mol. The summed E-state index contributed by atoms with van der Waals surface area (Å²) in [6.45, 7) is 0. The third kappa shape index (κ3) is 5.63. The minimum atomic E-state index is -0.596. The fourth-order valence-corrected chi connectivity index (χ4v) is 2.79. The number of hydrogen-bond acceptors (Lipinski definition) is 5. The van der Waals surface area contributed by atoms with Gasteiger partial charge in [0, 0.05) is 22.1 Å². The number of hydrazine groups is 1. The van der Waals surface area contributed by atoms with Gasteiger partial charge in [0.05, 0.1) is 21.3 Å². The monoisotopic (exact) mass is 399 g/mol. The Balaban J connectivity index is 1.83. The Hall–Kier alpha value is -2.29. The van der Waals surface area contributed by atoms with Crippen LogP contribution >= 0.6 is 35.0 Å². The second-order valence-corrected chi connectivity index (χ2v) is 6.56. The van der Waals surface area contributed by atoms with Gasteiger partial charge in [0.2, 0.25) is 5.91 Å². The van der Waals surface area contributed by atoms with Gasteiger partial charge in [0.25, 0.3) is 11.6 Å². The van der Waals surface area contributed by atoms with Crippen molar-refractivity contribution in [3.63, 3.8) is 0 Å². The van der Waals surface area contributed by atoms with Crippen molar-refractivity contribution >= 4 is 52.5 Å². The zero-order chi connectivity index (χ0) is 18.4. The van der Waals surface area contributed by atoms with E-state index in [9.17, 15) is 19.7 Å². The van der Waals surface area contributed by atoms with Crippen LogP contribution in [0.3, 0.4) is 0 Å². The van der Waals surface area contributed by atoms with Crippen molar-refractivity contribution in [2.24, 2.45) is 0 Å². The molecular formula is C15H11Cl2N3O4S. The van der Waals surface area contributed by atoms with Crippen molar-refractivity contribution in [1.29, 1.82) is 0 Å². The molecule has 0 heterocycles. The summed E-state index contributed by atoms with van der Waals surface area (Å²) in [5.41, 5.74) is 4.61. The summed E-state index contributed by atoms with van der Waals surface area (Å²) in [6, 6.07) is 10.2. The Kier molecular flexibility index (Phi) is 6.63. The van der Waals surface area contributed by atoms with Crippen LogP contribution in [0.4, 0.5) is 5.69 Å². The number of amides is 2. The number of nitrogens with zero attached hydrogens (tertiary/aromatic N) is 1. The molecule has 0 aliphatic carbocycles. The van der Waals surface area contributed by atoms with Crippen molar-refractivity contribution in [2.75, 3.05) is 5.75 Å². The first-order valence-electron chi connectivity index (χ1n) is 6.78. The molecule has 0 bridgehead atoms. The maximum absolute atomic E-state index is 12.0. The maximum atomic E-state index is 12.0. The summed E-state index contributed by atoms with van der Waals surface area (Å²) in [5.74, 6) is -1.03. The average Bonchev–Trinajstić information content (AvgIpc) is 2.60. The second kappa shape index (κ2) is 8.70. The van der Waals surface area contributed by atoms with Crippen molar-refractivity contribution in [2.45, 2.75) is 4.90 Å². The van der Waals surface area contributed by atoms with E-state index in [1.54, 1.807) is 18.2 Å². The normalized spacial score (nSPS) is 10.2. The summed E-state index contributed by atoms with van der Waals surface area (Å²) in [4.78, 5) is 34.5. The Bertz CT molecular complexity index is 815. The van der Waals surface area contributed by atoms with Gasteiger partial charge in [-0.25, -0.2) is 0 Å². The zero-order valence-electron chi connectivity index (χ0n) is 12.5. The molecule has 25 heavy (non-hydrogen) atoms. The highest BCUT2D eigenvalue weighted by Gasteiger charge is 2.12. The number of rotatable bonds is 5. The first kappa shape index (κ1) is 19.0. The van der Waals surface area contributed by atoms with Gasteiger partial charge >= 0.3 is 0 Å². The number of benzene rings is 2. The van der Waals surface area contributed by atoms with Crippen LogP contribution in [0.1, 0.15) is 10.4 Å². The molecule has 0 atom stereocenters. The summed E-state index contributed by atoms with van der Waals surface area (Å²) >= 11 is 12.9. The molecule has 7 nitrogen and oxygen atoms in total. The smallest absolute Gasteiger partial charge is 0.271 e. The molecule has 0 radical (unpaired) electrons. The molecule has 0 saturated carbocycles. The van der Waals surface area contributed by atoms with Gasteiger partial charge in [-0.2, -0.15) is 0 Å². The van der Waals surface area contributed by atoms with E-state index in [4.69, 9.17) is 23.2 Å². The quantitative estimate of drug-likeness (QED) is 0.455. The fourth-order valence-electron chi connectivity index (χ4n) is 1.71. The minimum absolute atomic E-state index is 0.0152. The average molecular weight is 400 g/mol. The first-order chi connectivity index (χ1) is 11.9. The number of non-ortho nitro benzene ring substituents is 1. The first-order valence-corrected chi connectivity index (χ1v) is 8.52. The van der Waals surface area contributed by atoms with E-state index in [1.165, 1.54) is 36.0 Å². The lowest BCUT2D eigenvalue weighted by molar-refractivity contribution is -0.384. The molecule has 0 saturated heterocycles. The number of carbonyl (C=O) groups is 2. The van der Waals surface area contributed by atoms with Gasteiger partial charge in [0.1, 0.15) is 0 Å². The van der Waals surface area contributed by atoms with Crippen LogP contribution in [0, 0.1) is 10.1 Å². The highest BCUT2D eigenvalue weighted by atomic mass is 35.5. The van der Waals surface area contributed by atoms with Crippen LogP contribution in [0.2, 0.25) is 10.0 Å². The third-order valence-corrected chi connectivity index (χ3v) is 4.48. The number of nitrogens with one attached hydrogen (secondary N) is 2. The maximum Gasteiger partial charge on any atom is 0.271 e. The van der Waals surface area contributed by atoms with Crippen LogP contribution < -0.4 is 10.9 Å². The number of halogens is 2. The minimum Gasteiger partial charge on any atom is -0.272 e. The standard InChI is InChI=1S/C15H11Cl2N3O4S/c16-9-1-6-13(17)12(7-9)15(22)19-18-14(21)8-25-11-4-2-10(3-5-11)20(23)24/h1-7H,8H2,(H,18,21)(H,19,22). The SMILES string of the molecule is O=C(CSc1ccc([N+](=O)[O-])cc1)NNC(=O)c1cc(Cl)ccc1Cl. The van der Waals surface area contributed by atoms with Crippen LogP contribution in [0.15, 0.2) is 47.4 Å². The van der Waals surface area contributed by atoms with Gasteiger partial charge in [-0.1, -0.05) is 23.2 Å². The van der Waals surface area contributed by atoms with E-state index in [-0.39, 0.29) is 22.0 Å². The number of carbonyl (C=O) groups excluding carboxylic acids is 2. The third-order valence-electron chi connectivity index (χ3n) is 2.91. The molecule has 0 fully saturated rings. The molecule has 0 aromatic heterocycles. The lowest BCUT2D eigenvalue weighted by atomic mass is 10.2. The fraction of sp³-hybridized carbons (Fsp3) is 0.0667. The Morgan fingerprint density at radius 1 is 1.08 bits per heavy atom. The molecule has 2 rings (SSSR count). The van der Waals surface area contributed by atoms with E-state index in [2.05, 4.69) is 10.9 Å². The van der Waals surface area contributed by atoms with E-state index < -0.39 is 16.7 Å². The molecule has 0 spiro atoms. The van der Waals surface area contributed by atoms with Crippen molar-refractivity contribution < 1.29 is 14.5 Å². The summed E-state index contributed by atoms with van der Waals surface area (Å²) in [6.07, 6.45) is 0. The van der Waals surface area contributed by atoms with Crippen LogP contribution in [0.5, 0.6) is 0 Å². The van der Waals surface area contributed by atoms with Crippen molar-refractivity contribution in [3.8, 4) is 0 Å². The van der Waals surface area contributed by atoms with Crippen LogP contribution in [-0.2, 0) is 4.79 Å². The van der Waals surface area contributed by atoms with Crippen molar-refractivity contribution in [3.05, 3.63) is 68.2 Å². The number of nitro groups is 1. The molecule has 0 aliphatic heterocycles. The molecule has 2 aromatic carbocycles. The predicted molar refractivity (Wildman–Crippen MR) is 95.9 cm³/mol. The van der Waals surface area contributed by atoms with Gasteiger partial charge < -0.3 is 0 Å². The number of thioether (sulfide) groups is 1. The highest BCUT2D eigenvalue weighted by Crippen LogP contribution is 2.21. The predicted octanol–water partition coefficient (Wildman–Crippen LogP) is 3.45. The largest absolute Gasteiger partial charge is 0.272 e. The summed E-state index contributed by atoms with van der Waals surface area (Å²) in [5, 5.41) is 11.1. The molecule has 2 amide bonds. The van der Waals surface area contributed by atoms with E-state index in [0.717, 1.165) is 0 Å². The van der Waals surface area contributed by atoms with Crippen molar-refractivity contribution in [1.82, 2.24) is 10.9 Å². The molecule has 10 heteroatoms. The second-order valence-electron chi connectivity index (χ2n) is 4.67. The van der Waals surface area contributed by atoms with Gasteiger partial charge in [0.15, 0.2) is 0 Å². The van der Waals surface area contributed by atoms with E-state index in [0.29, 0.717) is 9.92 Å². The summed E-state index contributed by atoms with van der Waals surface area (Å²) < 4.78 is 0. The Labute approximate surface area is 156 Å². The van der Waals surface area contributed by atoms with E-state index >= 15 is 0 Å². The lowest BCUT2D eigenvalue weighted by Gasteiger charge is -2.08. The summed E-state index contributed by atoms with van der Waals surface area (Å²) in [7, 11) is 0. The van der Waals surface area contributed by atoms with Gasteiger partial charge in [-0.15, -0.1) is 11.8 Å². The highest BCUT2D eigenvalue weighted by molar-refractivity contribution is 8.00. The molecule has 0 unspecified atom stereocenters. The zero-order valence-corrected chi connectivity index (χ0v) is 14.8. The molecule has 2 N–H and O–H groups in total. The molecule has 2 aromatic rings. The Morgan fingerprint density at radius 2 is 1.76 bits per heavy atom. The molecule has 0 aliphatic rings. The molecule has 130 valence electrons. The van der Waals surface area contributed by atoms with Crippen LogP contribution in [0.25, 0.3) is 0 Å². The van der Waals surface area contributed by atoms with Gasteiger partial charge in [-0.05, 0) is 30.3 Å². The Morgan fingerprint density at radius 3 is 2.40 bits per heavy atom. The van der Waals surface area contributed by atoms with E-state index in [1.807, 2.05) is 0 Å². The number of hydrogen-bond donors (Lipinski definition) is 2. The lowest BCUT2D eigenvalue weighted by Crippen LogP contribution is -2.42. The number of nitro benzene ring substituents is 1. The van der Waals surface area contributed by atoms with Crippen LogP contribution in [-0.4, -0.2) is 22.5 Å². The van der Waals surface area contributed by atoms with Gasteiger partial charge in [-0.3, -0.25) is 30.6 Å².